The van der Waals surface area contributed by atoms with Crippen molar-refractivity contribution in [3.8, 4) is 0 Å². The minimum Gasteiger partial charge on any atom is -0.394 e. The summed E-state index contributed by atoms with van der Waals surface area (Å²) in [5, 5.41) is 8.58. The largest absolute Gasteiger partial charge is 0.394 e. The molecule has 0 amide bonds. The van der Waals surface area contributed by atoms with Crippen LogP contribution in [0.5, 0.6) is 0 Å². The van der Waals surface area contributed by atoms with Gasteiger partial charge >= 0.3 is 0 Å². The first-order valence-electron chi connectivity index (χ1n) is 17.4. The van der Waals surface area contributed by atoms with Crippen molar-refractivity contribution in [2.75, 3.05) is 211 Å². The van der Waals surface area contributed by atoms with Gasteiger partial charge in [0, 0.05) is 6.54 Å². The van der Waals surface area contributed by atoms with Crippen LogP contribution in [0, 0.1) is 0 Å². The highest BCUT2D eigenvalue weighted by Crippen LogP contribution is 1.88. The zero-order valence-electron chi connectivity index (χ0n) is 29.8. The average Bonchev–Trinajstić information content (AvgIpc) is 3.11. The van der Waals surface area contributed by atoms with Crippen LogP contribution in [0.3, 0.4) is 0 Å². The summed E-state index contributed by atoms with van der Waals surface area (Å²) in [6.45, 7) is 15.6. The lowest BCUT2D eigenvalue weighted by molar-refractivity contribution is -0.0301. The summed E-state index contributed by atoms with van der Waals surface area (Å²) < 4.78 is 81.0. The van der Waals surface area contributed by atoms with Crippen molar-refractivity contribution in [2.45, 2.75) is 0 Å². The maximum Gasteiger partial charge on any atom is 0.0701 e. The van der Waals surface area contributed by atoms with E-state index in [-0.39, 0.29) is 6.61 Å². The van der Waals surface area contributed by atoms with Gasteiger partial charge < -0.3 is 81.9 Å². The molecule has 0 rings (SSSR count). The van der Waals surface area contributed by atoms with E-state index in [2.05, 4.69) is 0 Å². The summed E-state index contributed by atoms with van der Waals surface area (Å²) in [6.07, 6.45) is 0. The Morgan fingerprint density at radius 1 is 0.204 bits per heavy atom. The number of ether oxygens (including phenoxy) is 15. The summed E-state index contributed by atoms with van der Waals surface area (Å²) in [6, 6.07) is 0. The normalized spacial score (nSPS) is 11.6. The van der Waals surface area contributed by atoms with Crippen molar-refractivity contribution in [3.05, 3.63) is 0 Å². The molecule has 0 fully saturated rings. The van der Waals surface area contributed by atoms with Gasteiger partial charge in [-0.05, 0) is 0 Å². The molecular weight excluding hydrogens is 654 g/mol. The van der Waals surface area contributed by atoms with E-state index in [1.807, 2.05) is 0 Å². The molecule has 0 bridgehead atoms. The number of hydrogen-bond acceptors (Lipinski definition) is 17. The molecule has 0 aromatic carbocycles. The molecule has 296 valence electrons. The monoisotopic (exact) mass is 721 g/mol. The fourth-order valence-corrected chi connectivity index (χ4v) is 3.33. The molecule has 0 spiro atoms. The molecule has 0 heterocycles. The van der Waals surface area contributed by atoms with Gasteiger partial charge in [0.05, 0.1) is 205 Å². The zero-order chi connectivity index (χ0) is 35.2. The highest BCUT2D eigenvalue weighted by molar-refractivity contribution is 4.40. The Bertz CT molecular complexity index is 527. The van der Waals surface area contributed by atoms with E-state index in [1.165, 1.54) is 0 Å². The molecule has 0 aromatic rings. The molecule has 0 atom stereocenters. The van der Waals surface area contributed by atoms with E-state index in [4.69, 9.17) is 81.9 Å². The molecule has 0 aliphatic heterocycles. The second kappa shape index (κ2) is 47.3. The maximum atomic E-state index is 8.58. The zero-order valence-corrected chi connectivity index (χ0v) is 29.8. The highest BCUT2D eigenvalue weighted by atomic mass is 16.6. The molecule has 0 aliphatic carbocycles. The Morgan fingerprint density at radius 2 is 0.327 bits per heavy atom. The number of aliphatic hydroxyl groups excluding tert-OH is 1. The number of nitrogens with two attached hydrogens (primary N) is 1. The average molecular weight is 722 g/mol. The Morgan fingerprint density at radius 3 is 0.449 bits per heavy atom. The fourth-order valence-electron chi connectivity index (χ4n) is 3.33. The van der Waals surface area contributed by atoms with Crippen LogP contribution in [-0.2, 0) is 71.1 Å². The lowest BCUT2D eigenvalue weighted by atomic mass is 10.6. The second-order valence-corrected chi connectivity index (χ2v) is 9.70. The van der Waals surface area contributed by atoms with E-state index in [1.54, 1.807) is 0 Å². The molecule has 0 saturated carbocycles. The van der Waals surface area contributed by atoms with Crippen LogP contribution in [0.15, 0.2) is 0 Å². The predicted octanol–water partition coefficient (Wildman–Crippen LogP) is -0.814. The fraction of sp³-hybridized carbons (Fsp3) is 1.00. The van der Waals surface area contributed by atoms with Crippen molar-refractivity contribution in [3.63, 3.8) is 0 Å². The van der Waals surface area contributed by atoms with Gasteiger partial charge in [-0.15, -0.1) is 0 Å². The van der Waals surface area contributed by atoms with Gasteiger partial charge in [-0.1, -0.05) is 0 Å². The number of rotatable bonds is 46. The molecule has 0 saturated heterocycles. The molecule has 17 nitrogen and oxygen atoms in total. The smallest absolute Gasteiger partial charge is 0.0701 e. The van der Waals surface area contributed by atoms with Gasteiger partial charge in [-0.25, -0.2) is 0 Å². The lowest BCUT2D eigenvalue weighted by Crippen LogP contribution is -2.16. The standard InChI is InChI=1S/C32H67NO16/c33-1-3-35-5-7-37-9-11-39-13-15-41-17-19-43-21-23-45-25-27-47-29-31-49-32-30-48-28-26-46-24-22-44-20-18-42-16-14-40-12-10-38-8-6-36-4-2-34/h34H,1-33H2. The minimum atomic E-state index is 0.0227. The summed E-state index contributed by atoms with van der Waals surface area (Å²) in [5.41, 5.74) is 5.33. The van der Waals surface area contributed by atoms with Gasteiger partial charge in [0.1, 0.15) is 0 Å². The number of aliphatic hydroxyl groups is 1. The van der Waals surface area contributed by atoms with Crippen molar-refractivity contribution < 1.29 is 76.2 Å². The van der Waals surface area contributed by atoms with Crippen molar-refractivity contribution in [1.29, 1.82) is 0 Å². The topological polar surface area (TPSA) is 185 Å². The maximum absolute atomic E-state index is 8.58. The van der Waals surface area contributed by atoms with E-state index in [9.17, 15) is 0 Å². The minimum absolute atomic E-state index is 0.0227. The molecule has 49 heavy (non-hydrogen) atoms. The van der Waals surface area contributed by atoms with Crippen LogP contribution in [0.1, 0.15) is 0 Å². The predicted molar refractivity (Wildman–Crippen MR) is 178 cm³/mol. The van der Waals surface area contributed by atoms with Crippen LogP contribution in [0.25, 0.3) is 0 Å². The van der Waals surface area contributed by atoms with E-state index < -0.39 is 0 Å². The van der Waals surface area contributed by atoms with Crippen molar-refractivity contribution >= 4 is 0 Å². The second-order valence-electron chi connectivity index (χ2n) is 9.70. The molecule has 0 radical (unpaired) electrons. The highest BCUT2D eigenvalue weighted by Gasteiger charge is 1.97. The first-order chi connectivity index (χ1) is 24.4. The van der Waals surface area contributed by atoms with Gasteiger partial charge in [-0.3, -0.25) is 0 Å². The molecular formula is C32H67NO16. The van der Waals surface area contributed by atoms with E-state index >= 15 is 0 Å². The van der Waals surface area contributed by atoms with Crippen LogP contribution in [0.2, 0.25) is 0 Å². The summed E-state index contributed by atoms with van der Waals surface area (Å²) >= 11 is 0. The van der Waals surface area contributed by atoms with Gasteiger partial charge in [0.25, 0.3) is 0 Å². The first kappa shape index (κ1) is 48.3. The van der Waals surface area contributed by atoms with E-state index in [0.717, 1.165) is 0 Å². The Balaban J connectivity index is 3.04. The lowest BCUT2D eigenvalue weighted by Gasteiger charge is -2.09. The molecule has 0 unspecified atom stereocenters. The van der Waals surface area contributed by atoms with Crippen LogP contribution in [0.4, 0.5) is 0 Å². The number of hydrogen-bond donors (Lipinski definition) is 2. The van der Waals surface area contributed by atoms with Gasteiger partial charge in [-0.2, -0.15) is 0 Å². The first-order valence-corrected chi connectivity index (χ1v) is 17.4. The van der Waals surface area contributed by atoms with Gasteiger partial charge in [0.15, 0.2) is 0 Å². The Hall–Kier alpha value is -0.680. The third kappa shape index (κ3) is 47.3. The van der Waals surface area contributed by atoms with E-state index in [0.29, 0.717) is 205 Å². The quantitative estimate of drug-likeness (QED) is 0.0743. The molecule has 0 aromatic heterocycles. The van der Waals surface area contributed by atoms with Crippen LogP contribution in [-0.4, -0.2) is 216 Å². The molecule has 3 N–H and O–H groups in total. The van der Waals surface area contributed by atoms with Crippen LogP contribution >= 0.6 is 0 Å². The summed E-state index contributed by atoms with van der Waals surface area (Å²) in [7, 11) is 0. The Kier molecular flexibility index (Phi) is 46.7. The third-order valence-electron chi connectivity index (χ3n) is 5.71. The molecule has 17 heteroatoms. The summed E-state index contributed by atoms with van der Waals surface area (Å²) in [5.74, 6) is 0. The Labute approximate surface area is 293 Å². The van der Waals surface area contributed by atoms with Gasteiger partial charge in [0.2, 0.25) is 0 Å². The SMILES string of the molecule is NCCOCCOCCOCCOCCOCCOCCOCCOCCOCCOCCOCCOCCOCCOCCOCCO. The molecule has 0 aliphatic rings. The van der Waals surface area contributed by atoms with Crippen molar-refractivity contribution in [2.24, 2.45) is 5.73 Å². The van der Waals surface area contributed by atoms with Crippen LogP contribution < -0.4 is 5.73 Å². The third-order valence-corrected chi connectivity index (χ3v) is 5.71. The summed E-state index contributed by atoms with van der Waals surface area (Å²) in [4.78, 5) is 0. The van der Waals surface area contributed by atoms with Crippen molar-refractivity contribution in [1.82, 2.24) is 0 Å².